The highest BCUT2D eigenvalue weighted by Crippen LogP contribution is 2.25. The highest BCUT2D eigenvalue weighted by Gasteiger charge is 2.29. The molecule has 1 aromatic heterocycles. The SMILES string of the molecule is CC(=O)Nc1nc(C)ccc1OCC(F)(F)F. The van der Waals surface area contributed by atoms with Gasteiger partial charge in [0, 0.05) is 12.6 Å². The van der Waals surface area contributed by atoms with Crippen molar-refractivity contribution >= 4 is 11.7 Å². The third-order valence-corrected chi connectivity index (χ3v) is 1.68. The first kappa shape index (κ1) is 13.3. The van der Waals surface area contributed by atoms with Gasteiger partial charge in [0.15, 0.2) is 18.2 Å². The molecule has 0 aliphatic heterocycles. The van der Waals surface area contributed by atoms with Crippen LogP contribution >= 0.6 is 0 Å². The Bertz CT molecular complexity index is 419. The Hall–Kier alpha value is -1.79. The molecule has 0 aromatic carbocycles. The molecule has 0 spiro atoms. The molecular weight excluding hydrogens is 237 g/mol. The molecule has 17 heavy (non-hydrogen) atoms. The second-order valence-electron chi connectivity index (χ2n) is 3.38. The summed E-state index contributed by atoms with van der Waals surface area (Å²) in [5.41, 5.74) is 0.563. The standard InChI is InChI=1S/C10H11F3N2O2/c1-6-3-4-8(17-5-10(11,12)13)9(14-6)15-7(2)16/h3-4H,5H2,1-2H3,(H,14,15,16). The van der Waals surface area contributed by atoms with Crippen molar-refractivity contribution in [2.24, 2.45) is 0 Å². The second kappa shape index (κ2) is 5.03. The van der Waals surface area contributed by atoms with Crippen molar-refractivity contribution in [1.82, 2.24) is 4.98 Å². The van der Waals surface area contributed by atoms with Crippen molar-refractivity contribution in [3.63, 3.8) is 0 Å². The Kier molecular flexibility index (Phi) is 3.93. The summed E-state index contributed by atoms with van der Waals surface area (Å²) < 4.78 is 40.5. The highest BCUT2D eigenvalue weighted by atomic mass is 19.4. The van der Waals surface area contributed by atoms with Gasteiger partial charge in [0.05, 0.1) is 0 Å². The number of aromatic nitrogens is 1. The Morgan fingerprint density at radius 3 is 2.65 bits per heavy atom. The van der Waals surface area contributed by atoms with Crippen LogP contribution in [0.4, 0.5) is 19.0 Å². The summed E-state index contributed by atoms with van der Waals surface area (Å²) in [5.74, 6) is -0.551. The molecule has 0 bridgehead atoms. The lowest BCUT2D eigenvalue weighted by Crippen LogP contribution is -2.20. The molecule has 0 aliphatic carbocycles. The lowest BCUT2D eigenvalue weighted by atomic mass is 10.3. The zero-order chi connectivity index (χ0) is 13.1. The number of halogens is 3. The number of carbonyl (C=O) groups excluding carboxylic acids is 1. The number of alkyl halides is 3. The summed E-state index contributed by atoms with van der Waals surface area (Å²) in [4.78, 5) is 14.7. The van der Waals surface area contributed by atoms with Crippen LogP contribution in [0.25, 0.3) is 0 Å². The summed E-state index contributed by atoms with van der Waals surface area (Å²) in [6.07, 6.45) is -4.43. The minimum atomic E-state index is -4.43. The Balaban J connectivity index is 2.86. The summed E-state index contributed by atoms with van der Waals surface area (Å²) in [6.45, 7) is 1.46. The van der Waals surface area contributed by atoms with Gasteiger partial charge in [-0.25, -0.2) is 4.98 Å². The first-order valence-corrected chi connectivity index (χ1v) is 4.73. The van der Waals surface area contributed by atoms with Crippen LogP contribution < -0.4 is 10.1 Å². The van der Waals surface area contributed by atoms with Gasteiger partial charge in [-0.05, 0) is 19.1 Å². The number of nitrogens with zero attached hydrogens (tertiary/aromatic N) is 1. The third-order valence-electron chi connectivity index (χ3n) is 1.68. The number of carbonyl (C=O) groups is 1. The van der Waals surface area contributed by atoms with Crippen LogP contribution in [0.2, 0.25) is 0 Å². The molecule has 0 saturated carbocycles. The van der Waals surface area contributed by atoms with E-state index in [1.165, 1.54) is 19.1 Å². The predicted octanol–water partition coefficient (Wildman–Crippen LogP) is 2.29. The number of nitrogens with one attached hydrogen (secondary N) is 1. The van der Waals surface area contributed by atoms with Crippen molar-refractivity contribution in [2.75, 3.05) is 11.9 Å². The molecular formula is C10H11F3N2O2. The molecule has 1 aromatic rings. The molecule has 1 rings (SSSR count). The van der Waals surface area contributed by atoms with Crippen LogP contribution in [-0.2, 0) is 4.79 Å². The molecule has 94 valence electrons. The molecule has 0 atom stereocenters. The molecule has 1 heterocycles. The van der Waals surface area contributed by atoms with Crippen molar-refractivity contribution in [3.8, 4) is 5.75 Å². The topological polar surface area (TPSA) is 51.2 Å². The van der Waals surface area contributed by atoms with Gasteiger partial charge in [0.1, 0.15) is 0 Å². The number of aryl methyl sites for hydroxylation is 1. The average molecular weight is 248 g/mol. The number of hydrogen-bond acceptors (Lipinski definition) is 3. The summed E-state index contributed by atoms with van der Waals surface area (Å²) in [6, 6.07) is 2.83. The molecule has 4 nitrogen and oxygen atoms in total. The van der Waals surface area contributed by atoms with Crippen LogP contribution in [0, 0.1) is 6.92 Å². The van der Waals surface area contributed by atoms with Gasteiger partial charge in [-0.2, -0.15) is 13.2 Å². The van der Waals surface area contributed by atoms with Gasteiger partial charge in [0.2, 0.25) is 5.91 Å². The minimum absolute atomic E-state index is 0.0123. The van der Waals surface area contributed by atoms with Crippen molar-refractivity contribution in [1.29, 1.82) is 0 Å². The van der Waals surface area contributed by atoms with Crippen LogP contribution in [0.1, 0.15) is 12.6 Å². The van der Waals surface area contributed by atoms with Gasteiger partial charge in [0.25, 0.3) is 0 Å². The number of hydrogen-bond donors (Lipinski definition) is 1. The van der Waals surface area contributed by atoms with E-state index in [-0.39, 0.29) is 11.6 Å². The molecule has 7 heteroatoms. The van der Waals surface area contributed by atoms with Crippen LogP contribution in [0.3, 0.4) is 0 Å². The van der Waals surface area contributed by atoms with Gasteiger partial charge in [-0.3, -0.25) is 4.79 Å². The summed E-state index contributed by atoms with van der Waals surface area (Å²) in [5, 5.41) is 2.31. The van der Waals surface area contributed by atoms with Gasteiger partial charge in [-0.1, -0.05) is 0 Å². The average Bonchev–Trinajstić information content (AvgIpc) is 2.14. The van der Waals surface area contributed by atoms with E-state index in [1.807, 2.05) is 0 Å². The van der Waals surface area contributed by atoms with E-state index in [4.69, 9.17) is 0 Å². The fourth-order valence-electron chi connectivity index (χ4n) is 1.08. The van der Waals surface area contributed by atoms with E-state index >= 15 is 0 Å². The number of ether oxygens (including phenoxy) is 1. The van der Waals surface area contributed by atoms with E-state index in [9.17, 15) is 18.0 Å². The predicted molar refractivity (Wildman–Crippen MR) is 54.8 cm³/mol. The Morgan fingerprint density at radius 1 is 1.47 bits per heavy atom. The van der Waals surface area contributed by atoms with E-state index in [1.54, 1.807) is 6.92 Å². The first-order chi connectivity index (χ1) is 7.78. The van der Waals surface area contributed by atoms with E-state index in [0.29, 0.717) is 5.69 Å². The van der Waals surface area contributed by atoms with E-state index < -0.39 is 18.7 Å². The molecule has 0 aliphatic rings. The number of pyridine rings is 1. The van der Waals surface area contributed by atoms with E-state index in [0.717, 1.165) is 0 Å². The summed E-state index contributed by atoms with van der Waals surface area (Å²) >= 11 is 0. The van der Waals surface area contributed by atoms with Gasteiger partial charge < -0.3 is 10.1 Å². The minimum Gasteiger partial charge on any atom is -0.480 e. The fraction of sp³-hybridized carbons (Fsp3) is 0.400. The van der Waals surface area contributed by atoms with Gasteiger partial charge in [-0.15, -0.1) is 0 Å². The maximum absolute atomic E-state index is 12.0. The zero-order valence-corrected chi connectivity index (χ0v) is 9.26. The Morgan fingerprint density at radius 2 is 2.12 bits per heavy atom. The van der Waals surface area contributed by atoms with Crippen molar-refractivity contribution in [3.05, 3.63) is 17.8 Å². The first-order valence-electron chi connectivity index (χ1n) is 4.73. The fourth-order valence-corrected chi connectivity index (χ4v) is 1.08. The highest BCUT2D eigenvalue weighted by molar-refractivity contribution is 5.89. The maximum Gasteiger partial charge on any atom is 0.422 e. The second-order valence-corrected chi connectivity index (χ2v) is 3.38. The van der Waals surface area contributed by atoms with Crippen molar-refractivity contribution < 1.29 is 22.7 Å². The largest absolute Gasteiger partial charge is 0.480 e. The number of anilines is 1. The lowest BCUT2D eigenvalue weighted by Gasteiger charge is -2.12. The molecule has 0 radical (unpaired) electrons. The normalized spacial score (nSPS) is 11.1. The monoisotopic (exact) mass is 248 g/mol. The lowest BCUT2D eigenvalue weighted by molar-refractivity contribution is -0.153. The molecule has 0 fully saturated rings. The molecule has 0 saturated heterocycles. The quantitative estimate of drug-likeness (QED) is 0.892. The van der Waals surface area contributed by atoms with Crippen LogP contribution in [0.5, 0.6) is 5.75 Å². The maximum atomic E-state index is 12.0. The van der Waals surface area contributed by atoms with Crippen LogP contribution in [0.15, 0.2) is 12.1 Å². The third kappa shape index (κ3) is 4.71. The smallest absolute Gasteiger partial charge is 0.422 e. The summed E-state index contributed by atoms with van der Waals surface area (Å²) in [7, 11) is 0. The molecule has 0 unspecified atom stereocenters. The Labute approximate surface area is 95.8 Å². The van der Waals surface area contributed by atoms with E-state index in [2.05, 4.69) is 15.0 Å². The van der Waals surface area contributed by atoms with Crippen molar-refractivity contribution in [2.45, 2.75) is 20.0 Å². The number of rotatable bonds is 3. The number of amides is 1. The van der Waals surface area contributed by atoms with Gasteiger partial charge >= 0.3 is 6.18 Å². The molecule has 1 N–H and O–H groups in total. The van der Waals surface area contributed by atoms with Crippen LogP contribution in [-0.4, -0.2) is 23.7 Å². The molecule has 1 amide bonds. The zero-order valence-electron chi connectivity index (χ0n) is 9.26.